The van der Waals surface area contributed by atoms with E-state index in [1.54, 1.807) is 0 Å². The predicted octanol–water partition coefficient (Wildman–Crippen LogP) is 1.75. The normalized spacial score (nSPS) is 9.92. The fourth-order valence-electron chi connectivity index (χ4n) is 0.841. The molecule has 0 spiro atoms. The predicted molar refractivity (Wildman–Crippen MR) is 40.8 cm³/mol. The lowest BCUT2D eigenvalue weighted by molar-refractivity contribution is 0.101. The number of nitrogens with two attached hydrogens (primary N) is 1. The fraction of sp³-hybridized carbons (Fsp3) is 0.125. The van der Waals surface area contributed by atoms with Crippen molar-refractivity contribution in [1.29, 1.82) is 0 Å². The van der Waals surface area contributed by atoms with Crippen molar-refractivity contribution in [3.05, 3.63) is 29.3 Å². The number of hydrogen-bond donors (Lipinski definition) is 1. The van der Waals surface area contributed by atoms with Crippen LogP contribution in [-0.2, 0) is 0 Å². The first-order valence-corrected chi connectivity index (χ1v) is 3.28. The molecule has 0 radical (unpaired) electrons. The summed E-state index contributed by atoms with van der Waals surface area (Å²) in [5.74, 6) is -2.31. The first-order chi connectivity index (χ1) is 5.54. The van der Waals surface area contributed by atoms with Gasteiger partial charge in [0.1, 0.15) is 11.5 Å². The van der Waals surface area contributed by atoms with Crippen LogP contribution in [0.4, 0.5) is 14.5 Å². The van der Waals surface area contributed by atoms with Gasteiger partial charge in [-0.05, 0) is 19.1 Å². The Hall–Kier alpha value is -1.45. The average molecular weight is 171 g/mol. The van der Waals surface area contributed by atoms with Crippen molar-refractivity contribution in [1.82, 2.24) is 0 Å². The average Bonchev–Trinajstić information content (AvgIpc) is 2.00. The molecule has 0 fully saturated rings. The molecule has 1 aromatic carbocycles. The van der Waals surface area contributed by atoms with E-state index in [1.165, 1.54) is 6.92 Å². The molecule has 2 nitrogen and oxygen atoms in total. The molecule has 0 aliphatic rings. The van der Waals surface area contributed by atoms with Crippen molar-refractivity contribution in [2.24, 2.45) is 0 Å². The van der Waals surface area contributed by atoms with E-state index in [9.17, 15) is 13.6 Å². The topological polar surface area (TPSA) is 43.1 Å². The van der Waals surface area contributed by atoms with E-state index in [4.69, 9.17) is 5.73 Å². The van der Waals surface area contributed by atoms with Crippen molar-refractivity contribution < 1.29 is 13.6 Å². The Morgan fingerprint density at radius 3 is 2.50 bits per heavy atom. The van der Waals surface area contributed by atoms with Crippen LogP contribution in [0, 0.1) is 11.6 Å². The minimum atomic E-state index is -0.984. The minimum absolute atomic E-state index is 0.186. The molecule has 12 heavy (non-hydrogen) atoms. The van der Waals surface area contributed by atoms with Crippen LogP contribution in [0.1, 0.15) is 17.3 Å². The van der Waals surface area contributed by atoms with E-state index >= 15 is 0 Å². The summed E-state index contributed by atoms with van der Waals surface area (Å²) >= 11 is 0. The summed E-state index contributed by atoms with van der Waals surface area (Å²) in [5.41, 5.74) is 4.22. The zero-order chi connectivity index (χ0) is 9.30. The molecule has 1 aromatic rings. The highest BCUT2D eigenvalue weighted by molar-refractivity contribution is 5.95. The zero-order valence-corrected chi connectivity index (χ0v) is 6.40. The quantitative estimate of drug-likeness (QED) is 0.516. The number of nitrogen functional groups attached to an aromatic ring is 1. The van der Waals surface area contributed by atoms with Crippen molar-refractivity contribution in [3.8, 4) is 0 Å². The number of rotatable bonds is 1. The van der Waals surface area contributed by atoms with Gasteiger partial charge in [0.15, 0.2) is 11.6 Å². The van der Waals surface area contributed by atoms with Gasteiger partial charge in [-0.25, -0.2) is 8.78 Å². The summed E-state index contributed by atoms with van der Waals surface area (Å²) in [6, 6.07) is 2.04. The van der Waals surface area contributed by atoms with Gasteiger partial charge in [-0.3, -0.25) is 4.79 Å². The summed E-state index contributed by atoms with van der Waals surface area (Å²) < 4.78 is 25.5. The SMILES string of the molecule is CC(=O)c1ccc(F)c(N)c1F. The monoisotopic (exact) mass is 171 g/mol. The molecule has 2 N–H and O–H groups in total. The Morgan fingerprint density at radius 2 is 2.00 bits per heavy atom. The molecule has 1 rings (SSSR count). The summed E-state index contributed by atoms with van der Waals surface area (Å²) in [7, 11) is 0. The Morgan fingerprint density at radius 1 is 1.42 bits per heavy atom. The molecule has 4 heteroatoms. The van der Waals surface area contributed by atoms with Crippen LogP contribution < -0.4 is 5.73 Å². The third-order valence-corrected chi connectivity index (χ3v) is 1.51. The summed E-state index contributed by atoms with van der Waals surface area (Å²) in [5, 5.41) is 0. The molecular formula is C8H7F2NO. The first kappa shape index (κ1) is 8.64. The Balaban J connectivity index is 3.36. The number of benzene rings is 1. The van der Waals surface area contributed by atoms with E-state index in [0.29, 0.717) is 0 Å². The van der Waals surface area contributed by atoms with E-state index in [0.717, 1.165) is 12.1 Å². The van der Waals surface area contributed by atoms with Crippen LogP contribution in [0.25, 0.3) is 0 Å². The standard InChI is InChI=1S/C8H7F2NO/c1-4(12)5-2-3-6(9)8(11)7(5)10/h2-3H,11H2,1H3. The van der Waals surface area contributed by atoms with Crippen LogP contribution >= 0.6 is 0 Å². The first-order valence-electron chi connectivity index (χ1n) is 3.28. The van der Waals surface area contributed by atoms with Gasteiger partial charge in [-0.15, -0.1) is 0 Å². The van der Waals surface area contributed by atoms with Crippen molar-refractivity contribution in [2.45, 2.75) is 6.92 Å². The summed E-state index contributed by atoms with van der Waals surface area (Å²) in [6.07, 6.45) is 0. The number of ketones is 1. The van der Waals surface area contributed by atoms with Gasteiger partial charge in [-0.1, -0.05) is 0 Å². The van der Waals surface area contributed by atoms with E-state index in [1.807, 2.05) is 0 Å². The third-order valence-electron chi connectivity index (χ3n) is 1.51. The van der Waals surface area contributed by atoms with E-state index < -0.39 is 23.1 Å². The number of carbonyl (C=O) groups excluding carboxylic acids is 1. The summed E-state index contributed by atoms with van der Waals surface area (Å²) in [6.45, 7) is 1.19. The molecule has 0 saturated heterocycles. The minimum Gasteiger partial charge on any atom is -0.394 e. The smallest absolute Gasteiger partial charge is 0.162 e. The van der Waals surface area contributed by atoms with Gasteiger partial charge in [0.25, 0.3) is 0 Å². The molecule has 0 amide bonds. The molecule has 0 aliphatic heterocycles. The lowest BCUT2D eigenvalue weighted by Crippen LogP contribution is -2.03. The van der Waals surface area contributed by atoms with Crippen LogP contribution in [0.5, 0.6) is 0 Å². The molecule has 0 aromatic heterocycles. The Kier molecular flexibility index (Phi) is 2.08. The second-order valence-electron chi connectivity index (χ2n) is 2.38. The molecule has 0 atom stereocenters. The van der Waals surface area contributed by atoms with Gasteiger partial charge >= 0.3 is 0 Å². The highest BCUT2D eigenvalue weighted by Crippen LogP contribution is 2.18. The van der Waals surface area contributed by atoms with Gasteiger partial charge in [0, 0.05) is 0 Å². The number of halogens is 2. The van der Waals surface area contributed by atoms with Crippen LogP contribution in [0.2, 0.25) is 0 Å². The number of carbonyl (C=O) groups is 1. The molecule has 64 valence electrons. The molecular weight excluding hydrogens is 164 g/mol. The largest absolute Gasteiger partial charge is 0.394 e. The van der Waals surface area contributed by atoms with Gasteiger partial charge in [-0.2, -0.15) is 0 Å². The maximum Gasteiger partial charge on any atom is 0.162 e. The van der Waals surface area contributed by atoms with Crippen molar-refractivity contribution in [2.75, 3.05) is 5.73 Å². The number of hydrogen-bond acceptors (Lipinski definition) is 2. The van der Waals surface area contributed by atoms with Gasteiger partial charge in [0.05, 0.1) is 5.56 Å². The zero-order valence-electron chi connectivity index (χ0n) is 6.40. The van der Waals surface area contributed by atoms with Crippen LogP contribution in [0.3, 0.4) is 0 Å². The maximum absolute atomic E-state index is 12.9. The Bertz CT molecular complexity index is 336. The number of Topliss-reactive ketones (excluding diaryl/α,β-unsaturated/α-hetero) is 1. The molecule has 0 saturated carbocycles. The van der Waals surface area contributed by atoms with Crippen molar-refractivity contribution in [3.63, 3.8) is 0 Å². The van der Waals surface area contributed by atoms with Crippen molar-refractivity contribution >= 4 is 11.5 Å². The molecule has 0 aliphatic carbocycles. The van der Waals surface area contributed by atoms with E-state index in [-0.39, 0.29) is 5.56 Å². The lowest BCUT2D eigenvalue weighted by Gasteiger charge is -2.01. The highest BCUT2D eigenvalue weighted by Gasteiger charge is 2.12. The van der Waals surface area contributed by atoms with Crippen LogP contribution in [0.15, 0.2) is 12.1 Å². The third kappa shape index (κ3) is 1.28. The molecule has 0 bridgehead atoms. The maximum atomic E-state index is 12.9. The van der Waals surface area contributed by atoms with Gasteiger partial charge in [0.2, 0.25) is 0 Å². The number of anilines is 1. The van der Waals surface area contributed by atoms with Crippen LogP contribution in [-0.4, -0.2) is 5.78 Å². The second kappa shape index (κ2) is 2.89. The van der Waals surface area contributed by atoms with E-state index in [2.05, 4.69) is 0 Å². The molecule has 0 unspecified atom stereocenters. The highest BCUT2D eigenvalue weighted by atomic mass is 19.1. The Labute approximate surface area is 68.0 Å². The second-order valence-corrected chi connectivity index (χ2v) is 2.38. The molecule has 0 heterocycles. The van der Waals surface area contributed by atoms with Gasteiger partial charge < -0.3 is 5.73 Å². The fourth-order valence-corrected chi connectivity index (χ4v) is 0.841. The lowest BCUT2D eigenvalue weighted by atomic mass is 10.1. The summed E-state index contributed by atoms with van der Waals surface area (Å²) in [4.78, 5) is 10.7.